The molecule has 2 aliphatic rings. The molecule has 31 heavy (non-hydrogen) atoms. The highest BCUT2D eigenvalue weighted by molar-refractivity contribution is 6.02. The number of carboxylic acid groups (broad SMARTS) is 1. The first kappa shape index (κ1) is 23.0. The van der Waals surface area contributed by atoms with E-state index in [2.05, 4.69) is 5.32 Å². The number of aliphatic carboxylic acids is 1. The number of benzene rings is 1. The van der Waals surface area contributed by atoms with Gasteiger partial charge < -0.3 is 19.3 Å². The number of para-hydroxylation sites is 2. The number of carbonyl (C=O) groups is 3. The Morgan fingerprint density at radius 2 is 2.03 bits per heavy atom. The van der Waals surface area contributed by atoms with Crippen LogP contribution in [-0.2, 0) is 23.9 Å². The lowest BCUT2D eigenvalue weighted by atomic mass is 9.92. The summed E-state index contributed by atoms with van der Waals surface area (Å²) in [7, 11) is 0. The van der Waals surface area contributed by atoms with E-state index in [1.807, 2.05) is 0 Å². The Morgan fingerprint density at radius 1 is 1.29 bits per heavy atom. The topological polar surface area (TPSA) is 114 Å². The molecule has 9 nitrogen and oxygen atoms in total. The van der Waals surface area contributed by atoms with Gasteiger partial charge in [-0.1, -0.05) is 12.1 Å². The Balaban J connectivity index is 1.74. The van der Waals surface area contributed by atoms with Crippen molar-refractivity contribution in [2.24, 2.45) is 5.92 Å². The first-order chi connectivity index (χ1) is 15.0. The molecule has 1 unspecified atom stereocenters. The van der Waals surface area contributed by atoms with Gasteiger partial charge in [0.15, 0.2) is 0 Å². The molecule has 9 heteroatoms. The van der Waals surface area contributed by atoms with Crippen LogP contribution in [0.2, 0.25) is 0 Å². The van der Waals surface area contributed by atoms with Crippen molar-refractivity contribution in [3.63, 3.8) is 0 Å². The SMILES string of the molecule is CCOC(=O)C(CCC1CCOCC1)N[C@H]1COc2ccccc2N(CC(=O)O)C1=O. The molecular formula is C22H30N2O7. The van der Waals surface area contributed by atoms with Crippen LogP contribution in [0.5, 0.6) is 5.75 Å². The van der Waals surface area contributed by atoms with E-state index in [9.17, 15) is 19.5 Å². The van der Waals surface area contributed by atoms with E-state index in [1.54, 1.807) is 31.2 Å². The Kier molecular flexibility index (Phi) is 8.25. The van der Waals surface area contributed by atoms with Gasteiger partial charge in [0.2, 0.25) is 5.91 Å². The number of carbonyl (C=O) groups excluding carboxylic acids is 2. The fourth-order valence-electron chi connectivity index (χ4n) is 3.96. The fraction of sp³-hybridized carbons (Fsp3) is 0.591. The van der Waals surface area contributed by atoms with E-state index < -0.39 is 36.5 Å². The molecule has 1 fully saturated rings. The maximum atomic E-state index is 13.2. The van der Waals surface area contributed by atoms with Crippen LogP contribution >= 0.6 is 0 Å². The summed E-state index contributed by atoms with van der Waals surface area (Å²) in [5.74, 6) is -1.12. The molecule has 0 spiro atoms. The minimum Gasteiger partial charge on any atom is -0.489 e. The third kappa shape index (κ3) is 6.18. The number of esters is 1. The molecule has 0 radical (unpaired) electrons. The number of carboxylic acids is 1. The zero-order valence-corrected chi connectivity index (χ0v) is 17.7. The number of amides is 1. The van der Waals surface area contributed by atoms with Crippen molar-refractivity contribution in [3.8, 4) is 5.75 Å². The van der Waals surface area contributed by atoms with Gasteiger partial charge in [0.05, 0.1) is 12.3 Å². The van der Waals surface area contributed by atoms with Crippen LogP contribution in [-0.4, -0.2) is 68.0 Å². The van der Waals surface area contributed by atoms with Gasteiger partial charge in [0.25, 0.3) is 0 Å². The Hall–Kier alpha value is -2.65. The van der Waals surface area contributed by atoms with Crippen molar-refractivity contribution < 1.29 is 33.7 Å². The molecule has 1 amide bonds. The average molecular weight is 434 g/mol. The zero-order valence-electron chi connectivity index (χ0n) is 17.7. The summed E-state index contributed by atoms with van der Waals surface area (Å²) < 4.78 is 16.4. The molecule has 1 saturated heterocycles. The lowest BCUT2D eigenvalue weighted by Gasteiger charge is -2.28. The minimum absolute atomic E-state index is 0.0147. The third-order valence-corrected chi connectivity index (χ3v) is 5.60. The quantitative estimate of drug-likeness (QED) is 0.563. The molecular weight excluding hydrogens is 404 g/mol. The summed E-state index contributed by atoms with van der Waals surface area (Å²) in [5.41, 5.74) is 0.397. The highest BCUT2D eigenvalue weighted by atomic mass is 16.5. The highest BCUT2D eigenvalue weighted by Gasteiger charge is 2.35. The number of fused-ring (bicyclic) bond motifs is 1. The van der Waals surface area contributed by atoms with Gasteiger partial charge in [0, 0.05) is 13.2 Å². The van der Waals surface area contributed by atoms with Gasteiger partial charge in [-0.15, -0.1) is 0 Å². The van der Waals surface area contributed by atoms with E-state index in [0.29, 0.717) is 23.8 Å². The molecule has 0 aliphatic carbocycles. The predicted octanol–water partition coefficient (Wildman–Crippen LogP) is 1.59. The summed E-state index contributed by atoms with van der Waals surface area (Å²) in [6, 6.07) is 5.24. The van der Waals surface area contributed by atoms with Crippen LogP contribution < -0.4 is 15.0 Å². The maximum absolute atomic E-state index is 13.2. The lowest BCUT2D eigenvalue weighted by molar-refractivity contribution is -0.146. The second kappa shape index (κ2) is 11.1. The zero-order chi connectivity index (χ0) is 22.2. The predicted molar refractivity (Wildman–Crippen MR) is 112 cm³/mol. The van der Waals surface area contributed by atoms with Crippen LogP contribution in [0, 0.1) is 5.92 Å². The van der Waals surface area contributed by atoms with Crippen LogP contribution in [0.25, 0.3) is 0 Å². The number of ether oxygens (including phenoxy) is 3. The summed E-state index contributed by atoms with van der Waals surface area (Å²) in [6.45, 7) is 2.90. The molecule has 1 aromatic rings. The van der Waals surface area contributed by atoms with Gasteiger partial charge in [-0.25, -0.2) is 0 Å². The van der Waals surface area contributed by atoms with Crippen LogP contribution in [0.1, 0.15) is 32.6 Å². The maximum Gasteiger partial charge on any atom is 0.323 e. The molecule has 2 aliphatic heterocycles. The smallest absolute Gasteiger partial charge is 0.323 e. The monoisotopic (exact) mass is 434 g/mol. The molecule has 170 valence electrons. The Morgan fingerprint density at radius 3 is 2.74 bits per heavy atom. The third-order valence-electron chi connectivity index (χ3n) is 5.60. The molecule has 3 rings (SSSR count). The highest BCUT2D eigenvalue weighted by Crippen LogP contribution is 2.31. The van der Waals surface area contributed by atoms with E-state index in [1.165, 1.54) is 4.90 Å². The summed E-state index contributed by atoms with van der Waals surface area (Å²) in [5, 5.41) is 12.4. The van der Waals surface area contributed by atoms with E-state index in [4.69, 9.17) is 14.2 Å². The molecule has 2 atom stereocenters. The lowest BCUT2D eigenvalue weighted by Crippen LogP contribution is -2.55. The second-order valence-electron chi connectivity index (χ2n) is 7.75. The molecule has 2 N–H and O–H groups in total. The summed E-state index contributed by atoms with van der Waals surface area (Å²) in [4.78, 5) is 38.4. The van der Waals surface area contributed by atoms with Crippen molar-refractivity contribution >= 4 is 23.5 Å². The van der Waals surface area contributed by atoms with Crippen molar-refractivity contribution in [1.29, 1.82) is 0 Å². The number of hydrogen-bond acceptors (Lipinski definition) is 7. The van der Waals surface area contributed by atoms with Gasteiger partial charge in [-0.3, -0.25) is 24.6 Å². The Bertz CT molecular complexity index is 779. The minimum atomic E-state index is -1.13. The second-order valence-corrected chi connectivity index (χ2v) is 7.75. The van der Waals surface area contributed by atoms with E-state index >= 15 is 0 Å². The normalized spacial score (nSPS) is 20.4. The number of nitrogens with zero attached hydrogens (tertiary/aromatic N) is 1. The molecule has 1 aromatic carbocycles. The number of nitrogens with one attached hydrogen (secondary N) is 1. The molecule has 0 bridgehead atoms. The standard InChI is InChI=1S/C22H30N2O7/c1-2-30-22(28)16(8-7-15-9-11-29-12-10-15)23-17-14-31-19-6-4-3-5-18(19)24(21(17)27)13-20(25)26/h3-6,15-17,23H,2,7-14H2,1H3,(H,25,26)/t16?,17-/m0/s1. The first-order valence-electron chi connectivity index (χ1n) is 10.7. The van der Waals surface area contributed by atoms with Crippen molar-refractivity contribution in [2.45, 2.75) is 44.7 Å². The van der Waals surface area contributed by atoms with E-state index in [-0.39, 0.29) is 13.2 Å². The van der Waals surface area contributed by atoms with Gasteiger partial charge in [-0.05, 0) is 50.7 Å². The van der Waals surface area contributed by atoms with Crippen LogP contribution in [0.15, 0.2) is 24.3 Å². The van der Waals surface area contributed by atoms with Crippen LogP contribution in [0.4, 0.5) is 5.69 Å². The van der Waals surface area contributed by atoms with Crippen molar-refractivity contribution in [1.82, 2.24) is 5.32 Å². The first-order valence-corrected chi connectivity index (χ1v) is 10.7. The van der Waals surface area contributed by atoms with Gasteiger partial charge in [-0.2, -0.15) is 0 Å². The number of anilines is 1. The van der Waals surface area contributed by atoms with Gasteiger partial charge in [0.1, 0.15) is 31.0 Å². The molecule has 2 heterocycles. The molecule has 0 saturated carbocycles. The van der Waals surface area contributed by atoms with Crippen molar-refractivity contribution in [2.75, 3.05) is 37.9 Å². The van der Waals surface area contributed by atoms with Crippen LogP contribution in [0.3, 0.4) is 0 Å². The average Bonchev–Trinajstić information content (AvgIpc) is 2.89. The Labute approximate surface area is 181 Å². The molecule has 0 aromatic heterocycles. The largest absolute Gasteiger partial charge is 0.489 e. The summed E-state index contributed by atoms with van der Waals surface area (Å²) in [6.07, 6.45) is 3.21. The van der Waals surface area contributed by atoms with E-state index in [0.717, 1.165) is 32.5 Å². The number of rotatable bonds is 9. The van der Waals surface area contributed by atoms with Crippen molar-refractivity contribution in [3.05, 3.63) is 24.3 Å². The fourth-order valence-corrected chi connectivity index (χ4v) is 3.96. The van der Waals surface area contributed by atoms with Gasteiger partial charge >= 0.3 is 11.9 Å². The number of hydrogen-bond donors (Lipinski definition) is 2. The summed E-state index contributed by atoms with van der Waals surface area (Å²) >= 11 is 0.